The Morgan fingerprint density at radius 1 is 1.46 bits per heavy atom. The molecular formula is C14H22N4O4S2. The molecule has 1 saturated heterocycles. The molecule has 10 heteroatoms. The number of esters is 1. The number of hydrogen-bond acceptors (Lipinski definition) is 8. The van der Waals surface area contributed by atoms with Crippen molar-refractivity contribution in [3.63, 3.8) is 0 Å². The average Bonchev–Trinajstić information content (AvgIpc) is 2.54. The average molecular weight is 374 g/mol. The van der Waals surface area contributed by atoms with Gasteiger partial charge in [-0.1, -0.05) is 11.8 Å². The van der Waals surface area contributed by atoms with Crippen molar-refractivity contribution in [1.82, 2.24) is 14.3 Å². The van der Waals surface area contributed by atoms with Crippen LogP contribution in [0.3, 0.4) is 0 Å². The summed E-state index contributed by atoms with van der Waals surface area (Å²) in [5, 5.41) is 3.80. The zero-order valence-corrected chi connectivity index (χ0v) is 15.6. The van der Waals surface area contributed by atoms with Crippen molar-refractivity contribution in [3.05, 3.63) is 11.8 Å². The Kier molecular flexibility index (Phi) is 6.41. The molecule has 0 spiro atoms. The lowest BCUT2D eigenvalue weighted by Gasteiger charge is -2.31. The number of nitrogens with one attached hydrogen (secondary N) is 1. The minimum atomic E-state index is -3.16. The Bertz CT molecular complexity index is 688. The maximum atomic E-state index is 12.1. The molecule has 1 aromatic rings. The van der Waals surface area contributed by atoms with Gasteiger partial charge in [0, 0.05) is 25.3 Å². The summed E-state index contributed by atoms with van der Waals surface area (Å²) in [6, 6.07) is 0.0424. The van der Waals surface area contributed by atoms with E-state index in [1.54, 1.807) is 6.92 Å². The second-order valence-corrected chi connectivity index (χ2v) is 8.18. The van der Waals surface area contributed by atoms with Crippen molar-refractivity contribution in [2.24, 2.45) is 0 Å². The number of carbonyl (C=O) groups excluding carboxylic acids is 1. The van der Waals surface area contributed by atoms with E-state index in [0.717, 1.165) is 0 Å². The molecule has 0 radical (unpaired) electrons. The summed E-state index contributed by atoms with van der Waals surface area (Å²) in [6.45, 7) is 2.91. The number of ether oxygens (including phenoxy) is 1. The minimum absolute atomic E-state index is 0.0424. The van der Waals surface area contributed by atoms with E-state index in [4.69, 9.17) is 4.74 Å². The van der Waals surface area contributed by atoms with E-state index in [2.05, 4.69) is 15.3 Å². The van der Waals surface area contributed by atoms with Crippen LogP contribution < -0.4 is 5.32 Å². The highest BCUT2D eigenvalue weighted by Gasteiger charge is 2.26. The summed E-state index contributed by atoms with van der Waals surface area (Å²) in [5.41, 5.74) is 0.292. The Morgan fingerprint density at radius 3 is 2.67 bits per heavy atom. The molecule has 0 amide bonds. The lowest BCUT2D eigenvalue weighted by Crippen LogP contribution is -2.42. The standard InChI is InChI=1S/C14H22N4O4S2/c1-4-22-13(19)11-9-15-14(23-2)17-12(11)16-10-5-7-18(8-6-10)24(3,20)21/h9-10H,4-8H2,1-3H3,(H,15,16,17). The summed E-state index contributed by atoms with van der Waals surface area (Å²) in [6.07, 6.45) is 5.83. The number of nitrogens with zero attached hydrogens (tertiary/aromatic N) is 3. The molecule has 0 aromatic carbocycles. The molecule has 1 aliphatic rings. The van der Waals surface area contributed by atoms with Gasteiger partial charge >= 0.3 is 5.97 Å². The highest BCUT2D eigenvalue weighted by Crippen LogP contribution is 2.22. The van der Waals surface area contributed by atoms with Crippen LogP contribution in [-0.4, -0.2) is 66.9 Å². The molecule has 0 unspecified atom stereocenters. The number of sulfonamides is 1. The van der Waals surface area contributed by atoms with Crippen molar-refractivity contribution < 1.29 is 17.9 Å². The van der Waals surface area contributed by atoms with Gasteiger partial charge in [-0.2, -0.15) is 0 Å². The molecule has 0 atom stereocenters. The van der Waals surface area contributed by atoms with Gasteiger partial charge in [0.1, 0.15) is 11.4 Å². The smallest absolute Gasteiger partial charge is 0.343 e. The molecule has 0 aliphatic carbocycles. The number of anilines is 1. The predicted octanol–water partition coefficient (Wildman–Crippen LogP) is 1.21. The monoisotopic (exact) mass is 374 g/mol. The fourth-order valence-electron chi connectivity index (χ4n) is 2.46. The van der Waals surface area contributed by atoms with Crippen molar-refractivity contribution in [2.75, 3.05) is 37.5 Å². The lowest BCUT2D eigenvalue weighted by atomic mass is 10.1. The molecule has 8 nitrogen and oxygen atoms in total. The van der Waals surface area contributed by atoms with E-state index in [-0.39, 0.29) is 12.6 Å². The van der Waals surface area contributed by atoms with Gasteiger partial charge in [-0.25, -0.2) is 27.5 Å². The molecule has 1 fully saturated rings. The molecule has 0 saturated carbocycles. The second kappa shape index (κ2) is 8.13. The van der Waals surface area contributed by atoms with Crippen LogP contribution in [0.25, 0.3) is 0 Å². The van der Waals surface area contributed by atoms with E-state index in [1.807, 2.05) is 6.26 Å². The first kappa shape index (κ1) is 18.9. The van der Waals surface area contributed by atoms with Gasteiger partial charge in [-0.05, 0) is 26.0 Å². The molecule has 1 N–H and O–H groups in total. The van der Waals surface area contributed by atoms with E-state index in [1.165, 1.54) is 28.5 Å². The maximum Gasteiger partial charge on any atom is 0.343 e. The number of rotatable bonds is 6. The fourth-order valence-corrected chi connectivity index (χ4v) is 3.67. The molecule has 0 bridgehead atoms. The number of piperidine rings is 1. The Labute approximate surface area is 146 Å². The summed E-state index contributed by atoms with van der Waals surface area (Å²) in [7, 11) is -3.16. The first-order chi connectivity index (χ1) is 11.3. The van der Waals surface area contributed by atoms with Crippen LogP contribution in [0.2, 0.25) is 0 Å². The third-order valence-electron chi connectivity index (χ3n) is 3.71. The quantitative estimate of drug-likeness (QED) is 0.450. The minimum Gasteiger partial charge on any atom is -0.462 e. The zero-order valence-electron chi connectivity index (χ0n) is 14.0. The van der Waals surface area contributed by atoms with Crippen molar-refractivity contribution in [3.8, 4) is 0 Å². The van der Waals surface area contributed by atoms with Crippen molar-refractivity contribution in [2.45, 2.75) is 31.0 Å². The first-order valence-corrected chi connectivity index (χ1v) is 10.7. The number of aromatic nitrogens is 2. The first-order valence-electron chi connectivity index (χ1n) is 7.65. The maximum absolute atomic E-state index is 12.1. The normalized spacial score (nSPS) is 16.8. The Balaban J connectivity index is 2.12. The van der Waals surface area contributed by atoms with E-state index >= 15 is 0 Å². The van der Waals surface area contributed by atoms with Crippen LogP contribution in [0.4, 0.5) is 5.82 Å². The summed E-state index contributed by atoms with van der Waals surface area (Å²) < 4.78 is 29.6. The molecule has 2 heterocycles. The van der Waals surface area contributed by atoms with Crippen LogP contribution in [0.15, 0.2) is 11.4 Å². The largest absolute Gasteiger partial charge is 0.462 e. The van der Waals surface area contributed by atoms with Crippen LogP contribution in [0.1, 0.15) is 30.1 Å². The van der Waals surface area contributed by atoms with Gasteiger partial charge in [0.05, 0.1) is 12.9 Å². The highest BCUT2D eigenvalue weighted by atomic mass is 32.2. The molecule has 2 rings (SSSR count). The molecule has 1 aliphatic heterocycles. The SMILES string of the molecule is CCOC(=O)c1cnc(SC)nc1NC1CCN(S(C)(=O)=O)CC1. The predicted molar refractivity (Wildman–Crippen MR) is 92.8 cm³/mol. The van der Waals surface area contributed by atoms with Gasteiger partial charge in [-0.15, -0.1) is 0 Å². The van der Waals surface area contributed by atoms with Crippen molar-refractivity contribution in [1.29, 1.82) is 0 Å². The van der Waals surface area contributed by atoms with E-state index < -0.39 is 16.0 Å². The van der Waals surface area contributed by atoms with Gasteiger partial charge in [0.2, 0.25) is 10.0 Å². The third kappa shape index (κ3) is 4.81. The van der Waals surface area contributed by atoms with Crippen LogP contribution in [0, 0.1) is 0 Å². The summed E-state index contributed by atoms with van der Waals surface area (Å²) in [4.78, 5) is 20.5. The van der Waals surface area contributed by atoms with Crippen molar-refractivity contribution >= 4 is 33.6 Å². The molecular weight excluding hydrogens is 352 g/mol. The molecule has 24 heavy (non-hydrogen) atoms. The van der Waals surface area contributed by atoms with Gasteiger partial charge in [-0.3, -0.25) is 0 Å². The summed E-state index contributed by atoms with van der Waals surface area (Å²) >= 11 is 1.38. The zero-order chi connectivity index (χ0) is 17.7. The Hall–Kier alpha value is -1.39. The third-order valence-corrected chi connectivity index (χ3v) is 5.57. The van der Waals surface area contributed by atoms with Gasteiger partial charge in [0.15, 0.2) is 5.16 Å². The van der Waals surface area contributed by atoms with E-state index in [9.17, 15) is 13.2 Å². The fraction of sp³-hybridized carbons (Fsp3) is 0.643. The van der Waals surface area contributed by atoms with Gasteiger partial charge in [0.25, 0.3) is 0 Å². The van der Waals surface area contributed by atoms with Crippen LogP contribution >= 0.6 is 11.8 Å². The second-order valence-electron chi connectivity index (χ2n) is 5.42. The van der Waals surface area contributed by atoms with E-state index in [0.29, 0.717) is 42.5 Å². The lowest BCUT2D eigenvalue weighted by molar-refractivity contribution is 0.0526. The summed E-state index contributed by atoms with van der Waals surface area (Å²) in [5.74, 6) is -0.0353. The number of hydrogen-bond donors (Lipinski definition) is 1. The number of thioether (sulfide) groups is 1. The van der Waals surface area contributed by atoms with Crippen LogP contribution in [-0.2, 0) is 14.8 Å². The molecule has 134 valence electrons. The number of carbonyl (C=O) groups is 1. The Morgan fingerprint density at radius 2 is 2.12 bits per heavy atom. The topological polar surface area (TPSA) is 101 Å². The van der Waals surface area contributed by atoms with Crippen LogP contribution in [0.5, 0.6) is 0 Å². The molecule has 1 aromatic heterocycles. The highest BCUT2D eigenvalue weighted by molar-refractivity contribution is 7.98. The van der Waals surface area contributed by atoms with Gasteiger partial charge < -0.3 is 10.1 Å².